The van der Waals surface area contributed by atoms with Crippen LogP contribution in [0.4, 0.5) is 13.2 Å². The highest BCUT2D eigenvalue weighted by Gasteiger charge is 2.30. The second-order valence-corrected chi connectivity index (χ2v) is 7.51. The molecule has 1 amide bonds. The summed E-state index contributed by atoms with van der Waals surface area (Å²) in [5.41, 5.74) is 0.683. The van der Waals surface area contributed by atoms with Crippen molar-refractivity contribution in [3.8, 4) is 11.5 Å². The maximum atomic E-state index is 13.2. The van der Waals surface area contributed by atoms with Gasteiger partial charge in [-0.25, -0.2) is 4.98 Å². The Balaban J connectivity index is 1.88. The molecule has 3 aromatic rings. The van der Waals surface area contributed by atoms with E-state index in [1.54, 1.807) is 32.2 Å². The zero-order valence-electron chi connectivity index (χ0n) is 19.1. The van der Waals surface area contributed by atoms with Crippen molar-refractivity contribution in [3.05, 3.63) is 77.0 Å². The molecule has 1 aromatic heterocycles. The van der Waals surface area contributed by atoms with Gasteiger partial charge in [0, 0.05) is 31.3 Å². The third-order valence-electron chi connectivity index (χ3n) is 5.03. The SMILES string of the molecule is CCNC(=O)c1coc(CN(Cc2cccc(C(F)(F)F)c2)Cc2ccc(OC)cc2OC)n1. The van der Waals surface area contributed by atoms with Crippen LogP contribution in [-0.4, -0.2) is 36.6 Å². The lowest BCUT2D eigenvalue weighted by molar-refractivity contribution is -0.137. The molecule has 0 aliphatic carbocycles. The number of benzene rings is 2. The predicted molar refractivity (Wildman–Crippen MR) is 118 cm³/mol. The van der Waals surface area contributed by atoms with Crippen LogP contribution in [0.5, 0.6) is 11.5 Å². The number of hydrogen-bond acceptors (Lipinski definition) is 6. The molecule has 0 aliphatic rings. The van der Waals surface area contributed by atoms with Crippen LogP contribution in [0.15, 0.2) is 53.1 Å². The number of rotatable bonds is 10. The van der Waals surface area contributed by atoms with Crippen LogP contribution >= 0.6 is 0 Å². The summed E-state index contributed by atoms with van der Waals surface area (Å²) in [7, 11) is 3.07. The monoisotopic (exact) mass is 477 g/mol. The molecule has 0 saturated carbocycles. The maximum Gasteiger partial charge on any atom is 0.416 e. The number of alkyl halides is 3. The molecule has 2 aromatic carbocycles. The largest absolute Gasteiger partial charge is 0.497 e. The molecular formula is C24H26F3N3O4. The summed E-state index contributed by atoms with van der Waals surface area (Å²) in [5, 5.41) is 2.64. The number of halogens is 3. The molecule has 0 saturated heterocycles. The normalized spacial score (nSPS) is 11.5. The van der Waals surface area contributed by atoms with Crippen molar-refractivity contribution in [1.82, 2.24) is 15.2 Å². The van der Waals surface area contributed by atoms with Crippen LogP contribution in [0.25, 0.3) is 0 Å². The predicted octanol–water partition coefficient (Wildman–Crippen LogP) is 4.66. The van der Waals surface area contributed by atoms with Crippen molar-refractivity contribution in [2.75, 3.05) is 20.8 Å². The van der Waals surface area contributed by atoms with Crippen LogP contribution in [0.3, 0.4) is 0 Å². The number of aromatic nitrogens is 1. The number of ether oxygens (including phenoxy) is 2. The van der Waals surface area contributed by atoms with E-state index in [4.69, 9.17) is 13.9 Å². The number of carbonyl (C=O) groups excluding carboxylic acids is 1. The van der Waals surface area contributed by atoms with Crippen LogP contribution in [0.1, 0.15) is 40.0 Å². The van der Waals surface area contributed by atoms with Gasteiger partial charge < -0.3 is 19.2 Å². The lowest BCUT2D eigenvalue weighted by Crippen LogP contribution is -2.24. The van der Waals surface area contributed by atoms with Gasteiger partial charge >= 0.3 is 6.18 Å². The van der Waals surface area contributed by atoms with Crippen LogP contribution in [-0.2, 0) is 25.8 Å². The van der Waals surface area contributed by atoms with E-state index < -0.39 is 11.7 Å². The minimum atomic E-state index is -4.44. The Morgan fingerprint density at radius 2 is 1.88 bits per heavy atom. The second kappa shape index (κ2) is 11.1. The zero-order valence-corrected chi connectivity index (χ0v) is 19.1. The number of carbonyl (C=O) groups is 1. The van der Waals surface area contributed by atoms with E-state index >= 15 is 0 Å². The average Bonchev–Trinajstić information content (AvgIpc) is 3.27. The van der Waals surface area contributed by atoms with Crippen molar-refractivity contribution in [1.29, 1.82) is 0 Å². The molecule has 1 N–H and O–H groups in total. The van der Waals surface area contributed by atoms with Gasteiger partial charge in [0.05, 0.1) is 26.3 Å². The standard InChI is InChI=1S/C24H26F3N3O4/c1-4-28-23(31)20-15-34-22(29-20)14-30(12-16-6-5-7-18(10-16)24(25,26)27)13-17-8-9-19(32-2)11-21(17)33-3/h5-11,15H,4,12-14H2,1-3H3,(H,28,31). The highest BCUT2D eigenvalue weighted by molar-refractivity contribution is 5.91. The second-order valence-electron chi connectivity index (χ2n) is 7.51. The molecule has 0 atom stereocenters. The smallest absolute Gasteiger partial charge is 0.416 e. The lowest BCUT2D eigenvalue weighted by atomic mass is 10.1. The van der Waals surface area contributed by atoms with E-state index in [0.29, 0.717) is 30.2 Å². The van der Waals surface area contributed by atoms with Crippen LogP contribution < -0.4 is 14.8 Å². The molecule has 1 heterocycles. The Hall–Kier alpha value is -3.53. The first-order valence-electron chi connectivity index (χ1n) is 10.6. The van der Waals surface area contributed by atoms with E-state index in [0.717, 1.165) is 17.7 Å². The Morgan fingerprint density at radius 1 is 1.09 bits per heavy atom. The van der Waals surface area contributed by atoms with Gasteiger partial charge in [0.1, 0.15) is 17.8 Å². The van der Waals surface area contributed by atoms with E-state index in [2.05, 4.69) is 10.3 Å². The molecule has 3 rings (SSSR count). The minimum absolute atomic E-state index is 0.137. The third kappa shape index (κ3) is 6.50. The maximum absolute atomic E-state index is 13.2. The molecule has 0 fully saturated rings. The summed E-state index contributed by atoms with van der Waals surface area (Å²) < 4.78 is 55.8. The third-order valence-corrected chi connectivity index (χ3v) is 5.03. The van der Waals surface area contributed by atoms with E-state index in [9.17, 15) is 18.0 Å². The van der Waals surface area contributed by atoms with Crippen molar-refractivity contribution in [3.63, 3.8) is 0 Å². The molecule has 10 heteroatoms. The van der Waals surface area contributed by atoms with Crippen LogP contribution in [0.2, 0.25) is 0 Å². The number of oxazole rings is 1. The number of methoxy groups -OCH3 is 2. The van der Waals surface area contributed by atoms with Crippen molar-refractivity contribution >= 4 is 5.91 Å². The Labute approximate surface area is 195 Å². The summed E-state index contributed by atoms with van der Waals surface area (Å²) in [4.78, 5) is 18.1. The Bertz CT molecular complexity index is 1110. The molecular weight excluding hydrogens is 451 g/mol. The number of amides is 1. The molecule has 0 unspecified atom stereocenters. The molecule has 0 spiro atoms. The van der Waals surface area contributed by atoms with Gasteiger partial charge in [-0.05, 0) is 24.6 Å². The summed E-state index contributed by atoms with van der Waals surface area (Å²) in [6.07, 6.45) is -3.18. The zero-order chi connectivity index (χ0) is 24.7. The highest BCUT2D eigenvalue weighted by atomic mass is 19.4. The lowest BCUT2D eigenvalue weighted by Gasteiger charge is -2.23. The summed E-state index contributed by atoms with van der Waals surface area (Å²) in [6, 6.07) is 10.5. The Morgan fingerprint density at radius 3 is 2.56 bits per heavy atom. The van der Waals surface area contributed by atoms with Crippen molar-refractivity contribution < 1.29 is 31.9 Å². The Kier molecular flexibility index (Phi) is 8.17. The highest BCUT2D eigenvalue weighted by Crippen LogP contribution is 2.31. The van der Waals surface area contributed by atoms with Gasteiger partial charge in [-0.15, -0.1) is 0 Å². The molecule has 34 heavy (non-hydrogen) atoms. The molecule has 0 aliphatic heterocycles. The van der Waals surface area contributed by atoms with E-state index in [1.807, 2.05) is 11.0 Å². The van der Waals surface area contributed by atoms with E-state index in [-0.39, 0.29) is 30.6 Å². The quantitative estimate of drug-likeness (QED) is 0.458. The summed E-state index contributed by atoms with van der Waals surface area (Å²) in [5.74, 6) is 1.09. The first-order valence-corrected chi connectivity index (χ1v) is 10.6. The first-order chi connectivity index (χ1) is 16.2. The van der Waals surface area contributed by atoms with Gasteiger partial charge in [0.25, 0.3) is 5.91 Å². The molecule has 182 valence electrons. The van der Waals surface area contributed by atoms with Crippen molar-refractivity contribution in [2.45, 2.75) is 32.7 Å². The average molecular weight is 477 g/mol. The summed E-state index contributed by atoms with van der Waals surface area (Å²) in [6.45, 7) is 2.89. The summed E-state index contributed by atoms with van der Waals surface area (Å²) >= 11 is 0. The molecule has 0 radical (unpaired) electrons. The fraction of sp³-hybridized carbons (Fsp3) is 0.333. The van der Waals surface area contributed by atoms with Gasteiger partial charge in [-0.1, -0.05) is 24.3 Å². The van der Waals surface area contributed by atoms with Gasteiger partial charge in [0.15, 0.2) is 5.69 Å². The van der Waals surface area contributed by atoms with Crippen LogP contribution in [0, 0.1) is 0 Å². The first kappa shape index (κ1) is 25.1. The molecule has 0 bridgehead atoms. The van der Waals surface area contributed by atoms with Crippen molar-refractivity contribution in [2.24, 2.45) is 0 Å². The number of nitrogens with zero attached hydrogens (tertiary/aromatic N) is 2. The fourth-order valence-electron chi connectivity index (χ4n) is 3.43. The number of hydrogen-bond donors (Lipinski definition) is 1. The molecule has 7 nitrogen and oxygen atoms in total. The minimum Gasteiger partial charge on any atom is -0.497 e. The van der Waals surface area contributed by atoms with Gasteiger partial charge in [-0.2, -0.15) is 13.2 Å². The van der Waals surface area contributed by atoms with E-state index in [1.165, 1.54) is 19.4 Å². The number of nitrogens with one attached hydrogen (secondary N) is 1. The van der Waals surface area contributed by atoms with Gasteiger partial charge in [-0.3, -0.25) is 9.69 Å². The topological polar surface area (TPSA) is 76.8 Å². The van der Waals surface area contributed by atoms with Gasteiger partial charge in [0.2, 0.25) is 5.89 Å². The fourth-order valence-corrected chi connectivity index (χ4v) is 3.43.